The molecule has 1 aromatic rings. The average molecular weight is 309 g/mol. The quantitative estimate of drug-likeness (QED) is 0.843. The Bertz CT molecular complexity index is 600. The van der Waals surface area contributed by atoms with Crippen LogP contribution >= 0.6 is 0 Å². The van der Waals surface area contributed by atoms with Gasteiger partial charge in [0.25, 0.3) is 0 Å². The molecule has 0 aliphatic carbocycles. The molecule has 0 aromatic heterocycles. The van der Waals surface area contributed by atoms with E-state index in [0.717, 1.165) is 18.4 Å². The molecule has 116 valence electrons. The maximum absolute atomic E-state index is 12.9. The smallest absolute Gasteiger partial charge is 0.243 e. The van der Waals surface area contributed by atoms with Gasteiger partial charge in [0.05, 0.1) is 18.1 Å². The Morgan fingerprint density at radius 1 is 1.05 bits per heavy atom. The number of ether oxygens (including phenoxy) is 1. The Kier molecular flexibility index (Phi) is 3.62. The molecule has 3 rings (SSSR count). The van der Waals surface area contributed by atoms with Crippen LogP contribution in [0.15, 0.2) is 29.2 Å². The second-order valence-electron chi connectivity index (χ2n) is 7.03. The van der Waals surface area contributed by atoms with Crippen molar-refractivity contribution in [1.82, 2.24) is 4.31 Å². The number of hydrogen-bond donors (Lipinski definition) is 0. The Morgan fingerprint density at radius 3 is 2.05 bits per heavy atom. The van der Waals surface area contributed by atoms with E-state index in [1.807, 2.05) is 12.1 Å². The molecular formula is C16H23NO3S. The van der Waals surface area contributed by atoms with Gasteiger partial charge in [0.15, 0.2) is 0 Å². The van der Waals surface area contributed by atoms with Crippen molar-refractivity contribution in [2.45, 2.75) is 56.0 Å². The fourth-order valence-corrected chi connectivity index (χ4v) is 5.07. The van der Waals surface area contributed by atoms with Crippen LogP contribution in [0.3, 0.4) is 0 Å². The molecule has 2 saturated heterocycles. The van der Waals surface area contributed by atoms with Gasteiger partial charge in [-0.25, -0.2) is 8.42 Å². The summed E-state index contributed by atoms with van der Waals surface area (Å²) in [4.78, 5) is 0.398. The predicted molar refractivity (Wildman–Crippen MR) is 81.8 cm³/mol. The number of hydrogen-bond acceptors (Lipinski definition) is 3. The normalized spacial score (nSPS) is 27.0. The van der Waals surface area contributed by atoms with Crippen LogP contribution in [-0.4, -0.2) is 38.0 Å². The lowest BCUT2D eigenvalue weighted by Gasteiger charge is -2.33. The summed E-state index contributed by atoms with van der Waals surface area (Å²) in [6.07, 6.45) is 1.81. The zero-order valence-corrected chi connectivity index (χ0v) is 13.7. The molecule has 2 bridgehead atoms. The summed E-state index contributed by atoms with van der Waals surface area (Å²) in [7, 11) is -3.41. The van der Waals surface area contributed by atoms with E-state index in [1.54, 1.807) is 16.4 Å². The Hall–Kier alpha value is -0.910. The van der Waals surface area contributed by atoms with Gasteiger partial charge in [0.1, 0.15) is 0 Å². The van der Waals surface area contributed by atoms with E-state index in [4.69, 9.17) is 4.74 Å². The lowest BCUT2D eigenvalue weighted by Crippen LogP contribution is -2.48. The molecule has 2 fully saturated rings. The zero-order valence-electron chi connectivity index (χ0n) is 12.9. The van der Waals surface area contributed by atoms with Gasteiger partial charge in [-0.2, -0.15) is 4.31 Å². The number of fused-ring (bicyclic) bond motifs is 2. The minimum absolute atomic E-state index is 0.0102. The van der Waals surface area contributed by atoms with Crippen molar-refractivity contribution >= 4 is 10.0 Å². The van der Waals surface area contributed by atoms with Gasteiger partial charge < -0.3 is 4.74 Å². The molecule has 0 spiro atoms. The summed E-state index contributed by atoms with van der Waals surface area (Å²) in [6, 6.07) is 7.35. The van der Waals surface area contributed by atoms with Gasteiger partial charge in [0.2, 0.25) is 10.0 Å². The minimum Gasteiger partial charge on any atom is -0.378 e. The SMILES string of the molecule is CC(C)(C)c1ccc(S(=O)(=O)N2[C@H]3CC[C@H]2COC3)cc1. The first-order chi connectivity index (χ1) is 9.80. The number of nitrogens with zero attached hydrogens (tertiary/aromatic N) is 1. The summed E-state index contributed by atoms with van der Waals surface area (Å²) in [6.45, 7) is 7.42. The van der Waals surface area contributed by atoms with Crippen LogP contribution in [0.2, 0.25) is 0 Å². The topological polar surface area (TPSA) is 46.6 Å². The van der Waals surface area contributed by atoms with E-state index in [2.05, 4.69) is 20.8 Å². The summed E-state index contributed by atoms with van der Waals surface area (Å²) >= 11 is 0. The fraction of sp³-hybridized carbons (Fsp3) is 0.625. The zero-order chi connectivity index (χ0) is 15.3. The molecule has 0 saturated carbocycles. The highest BCUT2D eigenvalue weighted by Gasteiger charge is 2.45. The van der Waals surface area contributed by atoms with E-state index >= 15 is 0 Å². The maximum atomic E-state index is 12.9. The van der Waals surface area contributed by atoms with Crippen molar-refractivity contribution in [3.05, 3.63) is 29.8 Å². The molecule has 21 heavy (non-hydrogen) atoms. The number of morpholine rings is 1. The second-order valence-corrected chi connectivity index (χ2v) is 8.87. The first kappa shape index (κ1) is 15.0. The number of rotatable bonds is 2. The molecule has 5 heteroatoms. The monoisotopic (exact) mass is 309 g/mol. The van der Waals surface area contributed by atoms with Gasteiger partial charge in [-0.05, 0) is 36.0 Å². The molecule has 0 amide bonds. The highest BCUT2D eigenvalue weighted by molar-refractivity contribution is 7.89. The third-order valence-corrected chi connectivity index (χ3v) is 6.49. The second kappa shape index (κ2) is 5.07. The van der Waals surface area contributed by atoms with E-state index in [0.29, 0.717) is 18.1 Å². The molecule has 0 radical (unpaired) electrons. The van der Waals surface area contributed by atoms with Crippen LogP contribution < -0.4 is 0 Å². The van der Waals surface area contributed by atoms with Crippen LogP contribution in [-0.2, 0) is 20.2 Å². The third kappa shape index (κ3) is 2.62. The van der Waals surface area contributed by atoms with Gasteiger partial charge in [-0.3, -0.25) is 0 Å². The third-order valence-electron chi connectivity index (χ3n) is 4.47. The van der Waals surface area contributed by atoms with Crippen LogP contribution in [0.4, 0.5) is 0 Å². The molecule has 2 heterocycles. The minimum atomic E-state index is -3.41. The van der Waals surface area contributed by atoms with Crippen LogP contribution in [0.25, 0.3) is 0 Å². The van der Waals surface area contributed by atoms with Crippen molar-refractivity contribution in [2.24, 2.45) is 0 Å². The van der Waals surface area contributed by atoms with Crippen LogP contribution in [0, 0.1) is 0 Å². The molecule has 1 aromatic carbocycles. The lowest BCUT2D eigenvalue weighted by atomic mass is 9.87. The first-order valence-corrected chi connectivity index (χ1v) is 8.96. The van der Waals surface area contributed by atoms with Crippen molar-refractivity contribution in [3.63, 3.8) is 0 Å². The molecular weight excluding hydrogens is 286 g/mol. The van der Waals surface area contributed by atoms with Crippen molar-refractivity contribution in [3.8, 4) is 0 Å². The number of sulfonamides is 1. The van der Waals surface area contributed by atoms with Gasteiger partial charge in [0, 0.05) is 12.1 Å². The van der Waals surface area contributed by atoms with E-state index in [-0.39, 0.29) is 17.5 Å². The average Bonchev–Trinajstić information content (AvgIpc) is 2.69. The van der Waals surface area contributed by atoms with E-state index in [1.165, 1.54) is 0 Å². The van der Waals surface area contributed by atoms with Crippen LogP contribution in [0.5, 0.6) is 0 Å². The predicted octanol–water partition coefficient (Wildman–Crippen LogP) is 2.54. The van der Waals surface area contributed by atoms with Gasteiger partial charge in [-0.1, -0.05) is 32.9 Å². The molecule has 0 unspecified atom stereocenters. The van der Waals surface area contributed by atoms with Crippen molar-refractivity contribution < 1.29 is 13.2 Å². The molecule has 2 aliphatic heterocycles. The molecule has 4 nitrogen and oxygen atoms in total. The number of benzene rings is 1. The fourth-order valence-electron chi connectivity index (χ4n) is 3.23. The van der Waals surface area contributed by atoms with E-state index in [9.17, 15) is 8.42 Å². The van der Waals surface area contributed by atoms with Crippen LogP contribution in [0.1, 0.15) is 39.2 Å². The summed E-state index contributed by atoms with van der Waals surface area (Å²) in [5.41, 5.74) is 1.17. The standard InChI is InChI=1S/C16H23NO3S/c1-16(2,3)12-4-8-15(9-5-12)21(18,19)17-13-6-7-14(17)11-20-10-13/h4-5,8-9,13-14H,6-7,10-11H2,1-3H3/t13-,14-/m0/s1. The first-order valence-electron chi connectivity index (χ1n) is 7.52. The molecule has 2 atom stereocenters. The van der Waals surface area contributed by atoms with Crippen molar-refractivity contribution in [1.29, 1.82) is 0 Å². The Balaban J connectivity index is 1.92. The lowest BCUT2D eigenvalue weighted by molar-refractivity contribution is 0.0269. The highest BCUT2D eigenvalue weighted by Crippen LogP contribution is 2.34. The molecule has 2 aliphatic rings. The van der Waals surface area contributed by atoms with Gasteiger partial charge in [-0.15, -0.1) is 0 Å². The van der Waals surface area contributed by atoms with E-state index < -0.39 is 10.0 Å². The Morgan fingerprint density at radius 2 is 1.57 bits per heavy atom. The molecule has 0 N–H and O–H groups in total. The maximum Gasteiger partial charge on any atom is 0.243 e. The largest absolute Gasteiger partial charge is 0.378 e. The van der Waals surface area contributed by atoms with Gasteiger partial charge >= 0.3 is 0 Å². The Labute approximate surface area is 127 Å². The van der Waals surface area contributed by atoms with Crippen molar-refractivity contribution in [2.75, 3.05) is 13.2 Å². The summed E-state index contributed by atoms with van der Waals surface area (Å²) in [5.74, 6) is 0. The highest BCUT2D eigenvalue weighted by atomic mass is 32.2. The summed E-state index contributed by atoms with van der Waals surface area (Å²) < 4.78 is 32.9. The summed E-state index contributed by atoms with van der Waals surface area (Å²) in [5, 5.41) is 0.